The molecule has 1 aliphatic heterocycles. The molecule has 0 aliphatic carbocycles. The van der Waals surface area contributed by atoms with Gasteiger partial charge in [-0.25, -0.2) is 9.79 Å². The van der Waals surface area contributed by atoms with Crippen LogP contribution in [-0.4, -0.2) is 31.4 Å². The second-order valence-electron chi connectivity index (χ2n) is 8.60. The van der Waals surface area contributed by atoms with Crippen molar-refractivity contribution in [1.29, 1.82) is 0 Å². The molecule has 4 rings (SSSR count). The summed E-state index contributed by atoms with van der Waals surface area (Å²) in [4.78, 5) is 31.4. The number of carbonyl (C=O) groups excluding carboxylic acids is 1. The molecule has 0 amide bonds. The van der Waals surface area contributed by atoms with E-state index in [4.69, 9.17) is 14.2 Å². The van der Waals surface area contributed by atoms with E-state index in [1.165, 1.54) is 18.4 Å². The van der Waals surface area contributed by atoms with Gasteiger partial charge in [0.05, 0.1) is 42.7 Å². The van der Waals surface area contributed by atoms with E-state index in [2.05, 4.69) is 18.8 Å². The summed E-state index contributed by atoms with van der Waals surface area (Å²) in [7, 11) is 2.92. The van der Waals surface area contributed by atoms with Crippen LogP contribution >= 0.6 is 11.3 Å². The summed E-state index contributed by atoms with van der Waals surface area (Å²) in [5.41, 5.74) is 2.26. The lowest BCUT2D eigenvalue weighted by Gasteiger charge is -2.24. The van der Waals surface area contributed by atoms with E-state index in [0.717, 1.165) is 11.1 Å². The van der Waals surface area contributed by atoms with Crippen molar-refractivity contribution < 1.29 is 19.0 Å². The first-order valence-corrected chi connectivity index (χ1v) is 12.1. The summed E-state index contributed by atoms with van der Waals surface area (Å²) >= 11 is 1.28. The van der Waals surface area contributed by atoms with Crippen molar-refractivity contribution in [3.05, 3.63) is 90.6 Å². The minimum absolute atomic E-state index is 0.226. The average Bonchev–Trinajstić information content (AvgIpc) is 3.16. The first kappa shape index (κ1) is 24.5. The maximum Gasteiger partial charge on any atom is 0.338 e. The molecule has 2 heterocycles. The lowest BCUT2D eigenvalue weighted by atomic mass is 9.96. The van der Waals surface area contributed by atoms with Crippen LogP contribution in [0.2, 0.25) is 0 Å². The van der Waals surface area contributed by atoms with Crippen LogP contribution in [0, 0.1) is 5.92 Å². The zero-order valence-corrected chi connectivity index (χ0v) is 21.2. The molecule has 0 radical (unpaired) electrons. The van der Waals surface area contributed by atoms with E-state index in [9.17, 15) is 9.59 Å². The van der Waals surface area contributed by atoms with Gasteiger partial charge in [-0.05, 0) is 42.2 Å². The Kier molecular flexibility index (Phi) is 7.21. The molecule has 1 aromatic heterocycles. The van der Waals surface area contributed by atoms with Gasteiger partial charge < -0.3 is 14.2 Å². The maximum absolute atomic E-state index is 13.6. The van der Waals surface area contributed by atoms with E-state index in [1.54, 1.807) is 24.7 Å². The maximum atomic E-state index is 13.6. The van der Waals surface area contributed by atoms with Crippen molar-refractivity contribution in [3.63, 3.8) is 0 Å². The van der Waals surface area contributed by atoms with Crippen LogP contribution < -0.4 is 24.4 Å². The van der Waals surface area contributed by atoms with Gasteiger partial charge in [-0.3, -0.25) is 9.36 Å². The fourth-order valence-electron chi connectivity index (χ4n) is 3.94. The molecule has 7 nitrogen and oxygen atoms in total. The van der Waals surface area contributed by atoms with Crippen molar-refractivity contribution in [3.8, 4) is 11.5 Å². The summed E-state index contributed by atoms with van der Waals surface area (Å²) in [6.45, 7) is 6.50. The summed E-state index contributed by atoms with van der Waals surface area (Å²) in [6.07, 6.45) is 1.80. The van der Waals surface area contributed by atoms with Gasteiger partial charge in [-0.2, -0.15) is 0 Å². The molecule has 0 saturated carbocycles. The van der Waals surface area contributed by atoms with E-state index in [0.29, 0.717) is 44.6 Å². The molecular weight excluding hydrogens is 464 g/mol. The number of thiazole rings is 1. The molecule has 0 N–H and O–H groups in total. The largest absolute Gasteiger partial charge is 0.493 e. The van der Waals surface area contributed by atoms with Gasteiger partial charge in [0, 0.05) is 0 Å². The van der Waals surface area contributed by atoms with Crippen LogP contribution in [0.4, 0.5) is 0 Å². The summed E-state index contributed by atoms with van der Waals surface area (Å²) in [5, 5.41) is 0. The minimum Gasteiger partial charge on any atom is -0.493 e. The fraction of sp³-hybridized carbons (Fsp3) is 0.296. The summed E-state index contributed by atoms with van der Waals surface area (Å²) in [6, 6.07) is 14.4. The summed E-state index contributed by atoms with van der Waals surface area (Å²) in [5.74, 6) is 1.13. The number of carbonyl (C=O) groups is 1. The normalized spacial score (nSPS) is 15.6. The highest BCUT2D eigenvalue weighted by atomic mass is 32.1. The van der Waals surface area contributed by atoms with Crippen LogP contribution in [0.3, 0.4) is 0 Å². The molecule has 8 heteroatoms. The Morgan fingerprint density at radius 1 is 1.14 bits per heavy atom. The van der Waals surface area contributed by atoms with Crippen molar-refractivity contribution in [2.45, 2.75) is 26.8 Å². The van der Waals surface area contributed by atoms with E-state index < -0.39 is 12.0 Å². The topological polar surface area (TPSA) is 79.1 Å². The molecule has 1 aliphatic rings. The Bertz CT molecular complexity index is 1450. The second kappa shape index (κ2) is 10.3. The molecule has 0 fully saturated rings. The molecule has 0 bridgehead atoms. The van der Waals surface area contributed by atoms with Crippen molar-refractivity contribution in [2.75, 3.05) is 20.8 Å². The van der Waals surface area contributed by atoms with E-state index in [1.807, 2.05) is 48.5 Å². The highest BCUT2D eigenvalue weighted by Crippen LogP contribution is 2.31. The molecular formula is C27H28N2O5S. The van der Waals surface area contributed by atoms with Crippen LogP contribution in [0.25, 0.3) is 6.08 Å². The van der Waals surface area contributed by atoms with Gasteiger partial charge in [0.2, 0.25) is 0 Å². The number of ether oxygens (including phenoxy) is 3. The number of hydrogen-bond acceptors (Lipinski definition) is 7. The van der Waals surface area contributed by atoms with Crippen LogP contribution in [0.1, 0.15) is 37.9 Å². The molecule has 3 aromatic rings. The third kappa shape index (κ3) is 4.93. The second-order valence-corrected chi connectivity index (χ2v) is 9.61. The molecule has 35 heavy (non-hydrogen) atoms. The highest BCUT2D eigenvalue weighted by Gasteiger charge is 2.32. The zero-order chi connectivity index (χ0) is 25.1. The number of rotatable bonds is 7. The molecule has 1 unspecified atom stereocenters. The van der Waals surface area contributed by atoms with Gasteiger partial charge in [0.15, 0.2) is 16.3 Å². The number of esters is 1. The predicted octanol–water partition coefficient (Wildman–Crippen LogP) is 3.45. The number of allylic oxidation sites excluding steroid dienone is 1. The fourth-order valence-corrected chi connectivity index (χ4v) is 4.99. The standard InChI is InChI=1S/C27H28N2O5S/c1-16(2)15-34-20-12-11-18(13-21(20)32-4)14-22-25(30)29-24(19-9-7-6-8-10-19)23(26(31)33-5)17(3)28-27(29)35-22/h6-14,16,24H,15H2,1-5H3. The molecule has 182 valence electrons. The average molecular weight is 493 g/mol. The van der Waals surface area contributed by atoms with Gasteiger partial charge in [-0.15, -0.1) is 0 Å². The predicted molar refractivity (Wildman–Crippen MR) is 136 cm³/mol. The first-order chi connectivity index (χ1) is 16.8. The lowest BCUT2D eigenvalue weighted by molar-refractivity contribution is -0.136. The number of nitrogens with zero attached hydrogens (tertiary/aromatic N) is 2. The Morgan fingerprint density at radius 3 is 2.54 bits per heavy atom. The van der Waals surface area contributed by atoms with Crippen LogP contribution in [0.15, 0.2) is 69.6 Å². The van der Waals surface area contributed by atoms with Crippen molar-refractivity contribution >= 4 is 23.4 Å². The van der Waals surface area contributed by atoms with Gasteiger partial charge in [0.25, 0.3) is 5.56 Å². The van der Waals surface area contributed by atoms with Crippen molar-refractivity contribution in [1.82, 2.24) is 4.57 Å². The Labute approximate surface area is 207 Å². The molecule has 1 atom stereocenters. The molecule has 0 saturated heterocycles. The zero-order valence-electron chi connectivity index (χ0n) is 20.4. The van der Waals surface area contributed by atoms with Crippen molar-refractivity contribution in [2.24, 2.45) is 10.9 Å². The Morgan fingerprint density at radius 2 is 1.89 bits per heavy atom. The first-order valence-electron chi connectivity index (χ1n) is 11.3. The number of aromatic nitrogens is 1. The number of methoxy groups -OCH3 is 2. The summed E-state index contributed by atoms with van der Waals surface area (Å²) < 4.78 is 18.5. The SMILES string of the molecule is COC(=O)C1=C(C)N=c2sc(=Cc3ccc(OCC(C)C)c(OC)c3)c(=O)n2C1c1ccccc1. The lowest BCUT2D eigenvalue weighted by Crippen LogP contribution is -2.39. The Balaban J connectivity index is 1.84. The van der Waals surface area contributed by atoms with Gasteiger partial charge in [0.1, 0.15) is 0 Å². The third-order valence-electron chi connectivity index (χ3n) is 5.60. The van der Waals surface area contributed by atoms with Gasteiger partial charge >= 0.3 is 5.97 Å². The molecule has 2 aromatic carbocycles. The highest BCUT2D eigenvalue weighted by molar-refractivity contribution is 7.07. The number of benzene rings is 2. The monoisotopic (exact) mass is 492 g/mol. The van der Waals surface area contributed by atoms with Gasteiger partial charge in [-0.1, -0.05) is 61.6 Å². The van der Waals surface area contributed by atoms with Crippen LogP contribution in [-0.2, 0) is 9.53 Å². The Hall–Kier alpha value is -3.65. The minimum atomic E-state index is -0.622. The van der Waals surface area contributed by atoms with Crippen LogP contribution in [0.5, 0.6) is 11.5 Å². The number of fused-ring (bicyclic) bond motifs is 1. The quantitative estimate of drug-likeness (QED) is 0.472. The van der Waals surface area contributed by atoms with E-state index in [-0.39, 0.29) is 5.56 Å². The van der Waals surface area contributed by atoms with E-state index >= 15 is 0 Å². The number of hydrogen-bond donors (Lipinski definition) is 0. The smallest absolute Gasteiger partial charge is 0.338 e. The third-order valence-corrected chi connectivity index (χ3v) is 6.58. The molecule has 0 spiro atoms.